The minimum absolute atomic E-state index is 0.0422. The summed E-state index contributed by atoms with van der Waals surface area (Å²) in [5, 5.41) is 3.01. The Morgan fingerprint density at radius 1 is 1.30 bits per heavy atom. The highest BCUT2D eigenvalue weighted by Crippen LogP contribution is 2.33. The summed E-state index contributed by atoms with van der Waals surface area (Å²) in [7, 11) is 0. The minimum Gasteiger partial charge on any atom is -0.366 e. The van der Waals surface area contributed by atoms with E-state index in [1.807, 2.05) is 32.9 Å². The first-order valence-corrected chi connectivity index (χ1v) is 8.96. The van der Waals surface area contributed by atoms with Gasteiger partial charge in [-0.15, -0.1) is 11.3 Å². The van der Waals surface area contributed by atoms with Crippen LogP contribution in [0.25, 0.3) is 0 Å². The third-order valence-electron chi connectivity index (χ3n) is 3.99. The minimum atomic E-state index is -0.385. The highest BCUT2D eigenvalue weighted by Gasteiger charge is 2.23. The van der Waals surface area contributed by atoms with Crippen molar-refractivity contribution in [1.82, 2.24) is 0 Å². The van der Waals surface area contributed by atoms with Gasteiger partial charge in [-0.05, 0) is 42.3 Å². The van der Waals surface area contributed by atoms with E-state index >= 15 is 0 Å². The highest BCUT2D eigenvalue weighted by atomic mass is 35.5. The van der Waals surface area contributed by atoms with Crippen LogP contribution in [0.5, 0.6) is 0 Å². The van der Waals surface area contributed by atoms with Crippen molar-refractivity contribution >= 4 is 40.2 Å². The summed E-state index contributed by atoms with van der Waals surface area (Å²) in [6.45, 7) is 7.65. The third kappa shape index (κ3) is 3.70. The first kappa shape index (κ1) is 16.3. The summed E-state index contributed by atoms with van der Waals surface area (Å²) < 4.78 is 0.833. The maximum atomic E-state index is 12.1. The average Bonchev–Trinajstić information content (AvgIpc) is 3.05. The molecule has 1 aromatic heterocycles. The van der Waals surface area contributed by atoms with Gasteiger partial charge in [0, 0.05) is 28.2 Å². The van der Waals surface area contributed by atoms with Crippen LogP contribution in [-0.2, 0) is 17.8 Å². The number of fused-ring (bicyclic) bond motifs is 1. The van der Waals surface area contributed by atoms with Gasteiger partial charge in [0.05, 0.1) is 10.9 Å². The fourth-order valence-corrected chi connectivity index (χ4v) is 3.76. The van der Waals surface area contributed by atoms with Gasteiger partial charge >= 0.3 is 0 Å². The van der Waals surface area contributed by atoms with Crippen LogP contribution in [0, 0.1) is 5.41 Å². The van der Waals surface area contributed by atoms with Gasteiger partial charge in [-0.3, -0.25) is 4.79 Å². The molecule has 23 heavy (non-hydrogen) atoms. The zero-order valence-electron chi connectivity index (χ0n) is 13.6. The maximum absolute atomic E-state index is 12.1. The largest absolute Gasteiger partial charge is 0.366 e. The molecule has 2 heterocycles. The van der Waals surface area contributed by atoms with Crippen LogP contribution in [0.3, 0.4) is 0 Å². The number of benzene rings is 1. The summed E-state index contributed by atoms with van der Waals surface area (Å²) >= 11 is 7.64. The Hall–Kier alpha value is -1.52. The van der Waals surface area contributed by atoms with Crippen molar-refractivity contribution in [2.75, 3.05) is 16.8 Å². The molecule has 0 saturated heterocycles. The second-order valence-electron chi connectivity index (χ2n) is 6.92. The van der Waals surface area contributed by atoms with Gasteiger partial charge in [0.25, 0.3) is 0 Å². The second kappa shape index (κ2) is 6.17. The SMILES string of the molecule is CC(C)(C)C(=O)Nc1ccc2c(c1)CCN2Cc1ccc(Cl)s1. The lowest BCUT2D eigenvalue weighted by Gasteiger charge is -2.20. The van der Waals surface area contributed by atoms with Crippen molar-refractivity contribution in [2.24, 2.45) is 5.41 Å². The van der Waals surface area contributed by atoms with Crippen molar-refractivity contribution in [3.63, 3.8) is 0 Å². The number of nitrogens with zero attached hydrogens (tertiary/aromatic N) is 1. The van der Waals surface area contributed by atoms with Gasteiger partial charge in [-0.25, -0.2) is 0 Å². The monoisotopic (exact) mass is 348 g/mol. The molecule has 0 radical (unpaired) electrons. The van der Waals surface area contributed by atoms with Gasteiger partial charge in [-0.1, -0.05) is 32.4 Å². The van der Waals surface area contributed by atoms with Crippen molar-refractivity contribution in [3.8, 4) is 0 Å². The zero-order valence-corrected chi connectivity index (χ0v) is 15.2. The van der Waals surface area contributed by atoms with E-state index < -0.39 is 0 Å². The number of amides is 1. The van der Waals surface area contributed by atoms with Gasteiger partial charge < -0.3 is 10.2 Å². The number of halogens is 1. The van der Waals surface area contributed by atoms with Gasteiger partial charge in [-0.2, -0.15) is 0 Å². The molecule has 5 heteroatoms. The molecule has 1 aromatic carbocycles. The van der Waals surface area contributed by atoms with E-state index in [-0.39, 0.29) is 11.3 Å². The predicted octanol–water partition coefficient (Wildman–Crippen LogP) is 4.95. The number of hydrogen-bond donors (Lipinski definition) is 1. The molecule has 0 bridgehead atoms. The molecule has 1 aliphatic heterocycles. The summed E-state index contributed by atoms with van der Waals surface area (Å²) in [5.41, 5.74) is 3.04. The van der Waals surface area contributed by atoms with E-state index in [0.29, 0.717) is 0 Å². The molecule has 0 unspecified atom stereocenters. The molecular formula is C18H21ClN2OS. The number of thiophene rings is 1. The standard InChI is InChI=1S/C18H21ClN2OS/c1-18(2,3)17(22)20-13-4-6-15-12(10-13)8-9-21(15)11-14-5-7-16(19)23-14/h4-7,10H,8-9,11H2,1-3H3,(H,20,22). The van der Waals surface area contributed by atoms with Crippen LogP contribution in [0.1, 0.15) is 31.2 Å². The average molecular weight is 349 g/mol. The molecule has 1 aliphatic rings. The molecule has 1 N–H and O–H groups in total. The molecular weight excluding hydrogens is 328 g/mol. The van der Waals surface area contributed by atoms with Gasteiger partial charge in [0.2, 0.25) is 5.91 Å². The van der Waals surface area contributed by atoms with Crippen LogP contribution in [0.2, 0.25) is 4.34 Å². The van der Waals surface area contributed by atoms with E-state index in [1.165, 1.54) is 16.1 Å². The molecule has 0 saturated carbocycles. The Morgan fingerprint density at radius 3 is 2.74 bits per heavy atom. The fraction of sp³-hybridized carbons (Fsp3) is 0.389. The van der Waals surface area contributed by atoms with E-state index in [9.17, 15) is 4.79 Å². The van der Waals surface area contributed by atoms with Gasteiger partial charge in [0.15, 0.2) is 0 Å². The Morgan fingerprint density at radius 2 is 2.09 bits per heavy atom. The summed E-state index contributed by atoms with van der Waals surface area (Å²) in [6.07, 6.45) is 1.01. The summed E-state index contributed by atoms with van der Waals surface area (Å²) in [5.74, 6) is 0.0422. The molecule has 3 nitrogen and oxygen atoms in total. The summed E-state index contributed by atoms with van der Waals surface area (Å²) in [4.78, 5) is 15.7. The molecule has 0 atom stereocenters. The van der Waals surface area contributed by atoms with Crippen molar-refractivity contribution in [3.05, 3.63) is 45.1 Å². The Kier molecular flexibility index (Phi) is 4.39. The quantitative estimate of drug-likeness (QED) is 0.851. The highest BCUT2D eigenvalue weighted by molar-refractivity contribution is 7.16. The summed E-state index contributed by atoms with van der Waals surface area (Å²) in [6, 6.07) is 10.2. The van der Waals surface area contributed by atoms with E-state index in [2.05, 4.69) is 28.4 Å². The van der Waals surface area contributed by atoms with Crippen molar-refractivity contribution < 1.29 is 4.79 Å². The Bertz CT molecular complexity index is 733. The van der Waals surface area contributed by atoms with Crippen LogP contribution in [0.15, 0.2) is 30.3 Å². The maximum Gasteiger partial charge on any atom is 0.229 e. The Labute approximate surface area is 146 Å². The number of carbonyl (C=O) groups excluding carboxylic acids is 1. The molecule has 0 fully saturated rings. The molecule has 0 spiro atoms. The smallest absolute Gasteiger partial charge is 0.229 e. The van der Waals surface area contributed by atoms with Crippen molar-refractivity contribution in [2.45, 2.75) is 33.7 Å². The lowest BCUT2D eigenvalue weighted by molar-refractivity contribution is -0.123. The fourth-order valence-electron chi connectivity index (χ4n) is 2.66. The lowest BCUT2D eigenvalue weighted by Crippen LogP contribution is -2.27. The number of anilines is 2. The molecule has 2 aromatic rings. The topological polar surface area (TPSA) is 32.3 Å². The first-order valence-electron chi connectivity index (χ1n) is 7.76. The second-order valence-corrected chi connectivity index (χ2v) is 8.72. The van der Waals surface area contributed by atoms with Crippen molar-refractivity contribution in [1.29, 1.82) is 0 Å². The number of hydrogen-bond acceptors (Lipinski definition) is 3. The van der Waals surface area contributed by atoms with Crippen LogP contribution in [0.4, 0.5) is 11.4 Å². The first-order chi connectivity index (χ1) is 10.8. The van der Waals surface area contributed by atoms with E-state index in [1.54, 1.807) is 11.3 Å². The number of carbonyl (C=O) groups is 1. The van der Waals surface area contributed by atoms with Crippen LogP contribution >= 0.6 is 22.9 Å². The van der Waals surface area contributed by atoms with Gasteiger partial charge in [0.1, 0.15) is 0 Å². The number of nitrogens with one attached hydrogen (secondary N) is 1. The van der Waals surface area contributed by atoms with Crippen LogP contribution < -0.4 is 10.2 Å². The molecule has 122 valence electrons. The van der Waals surface area contributed by atoms with E-state index in [0.717, 1.165) is 29.5 Å². The zero-order chi connectivity index (χ0) is 16.6. The van der Waals surface area contributed by atoms with E-state index in [4.69, 9.17) is 11.6 Å². The number of rotatable bonds is 3. The lowest BCUT2D eigenvalue weighted by atomic mass is 9.95. The van der Waals surface area contributed by atoms with Crippen LogP contribution in [-0.4, -0.2) is 12.5 Å². The molecule has 1 amide bonds. The Balaban J connectivity index is 1.73. The molecule has 3 rings (SSSR count). The molecule has 0 aliphatic carbocycles. The normalized spacial score (nSPS) is 14.0. The third-order valence-corrected chi connectivity index (χ3v) is 5.20. The predicted molar refractivity (Wildman–Crippen MR) is 98.6 cm³/mol.